The first-order valence-electron chi connectivity index (χ1n) is 16.2. The number of hydrogen-bond donors (Lipinski definition) is 0. The number of fused-ring (bicyclic) bond motifs is 1. The molecular formula is C37H50O4S. The van der Waals surface area contributed by atoms with E-state index < -0.39 is 0 Å². The molecular weight excluding hydrogens is 540 g/mol. The summed E-state index contributed by atoms with van der Waals surface area (Å²) in [7, 11) is 0. The van der Waals surface area contributed by atoms with Gasteiger partial charge in [-0.2, -0.15) is 0 Å². The largest absolute Gasteiger partial charge is 0.494 e. The van der Waals surface area contributed by atoms with E-state index in [1.165, 1.54) is 92.7 Å². The molecule has 0 bridgehead atoms. The summed E-state index contributed by atoms with van der Waals surface area (Å²) in [5, 5.41) is 1.09. The number of hydrogen-bond acceptors (Lipinski definition) is 5. The molecule has 0 unspecified atom stereocenters. The molecule has 2 aromatic carbocycles. The van der Waals surface area contributed by atoms with Crippen LogP contribution < -0.4 is 9.48 Å². The van der Waals surface area contributed by atoms with Gasteiger partial charge in [0.25, 0.3) is 0 Å². The second-order valence-electron chi connectivity index (χ2n) is 11.2. The molecule has 0 saturated carbocycles. The van der Waals surface area contributed by atoms with Crippen molar-refractivity contribution in [3.05, 3.63) is 75.8 Å². The van der Waals surface area contributed by atoms with Crippen LogP contribution in [0.4, 0.5) is 0 Å². The van der Waals surface area contributed by atoms with Crippen LogP contribution in [0.2, 0.25) is 0 Å². The first-order valence-corrected chi connectivity index (χ1v) is 17.0. The van der Waals surface area contributed by atoms with Gasteiger partial charge >= 0.3 is 5.97 Å². The van der Waals surface area contributed by atoms with E-state index in [9.17, 15) is 9.59 Å². The Labute approximate surface area is 257 Å². The molecule has 0 saturated heterocycles. The van der Waals surface area contributed by atoms with Gasteiger partial charge in [-0.3, -0.25) is 4.79 Å². The fourth-order valence-electron chi connectivity index (χ4n) is 5.35. The van der Waals surface area contributed by atoms with Crippen LogP contribution in [0.25, 0.3) is 21.2 Å². The predicted molar refractivity (Wildman–Crippen MR) is 179 cm³/mol. The highest BCUT2D eigenvalue weighted by Crippen LogP contribution is 2.30. The summed E-state index contributed by atoms with van der Waals surface area (Å²) in [5.41, 5.74) is 4.51. The van der Waals surface area contributed by atoms with E-state index >= 15 is 0 Å². The van der Waals surface area contributed by atoms with Crippen LogP contribution in [-0.4, -0.2) is 19.2 Å². The van der Waals surface area contributed by atoms with Gasteiger partial charge in [-0.1, -0.05) is 114 Å². The Morgan fingerprint density at radius 2 is 1.48 bits per heavy atom. The normalized spacial score (nSPS) is 11.1. The van der Waals surface area contributed by atoms with Crippen molar-refractivity contribution in [2.75, 3.05) is 13.2 Å². The lowest BCUT2D eigenvalue weighted by Gasteiger charge is -2.12. The number of rotatable bonds is 21. The lowest BCUT2D eigenvalue weighted by molar-refractivity contribution is -0.137. The van der Waals surface area contributed by atoms with Gasteiger partial charge in [0.1, 0.15) is 5.75 Å². The Balaban J connectivity index is 1.38. The lowest BCUT2D eigenvalue weighted by Crippen LogP contribution is -2.02. The summed E-state index contributed by atoms with van der Waals surface area (Å²) in [6.07, 6.45) is 18.7. The maximum atomic E-state index is 13.2. The van der Waals surface area contributed by atoms with Crippen molar-refractivity contribution in [2.45, 2.75) is 110 Å². The molecule has 1 heterocycles. The highest BCUT2D eigenvalue weighted by atomic mass is 32.1. The molecule has 4 nitrogen and oxygen atoms in total. The fourth-order valence-corrected chi connectivity index (χ4v) is 6.24. The average molecular weight is 591 g/mol. The molecule has 0 fully saturated rings. The Hall–Kier alpha value is -2.92. The van der Waals surface area contributed by atoms with E-state index in [0.717, 1.165) is 59.1 Å². The molecule has 0 aliphatic heterocycles. The summed E-state index contributed by atoms with van der Waals surface area (Å²) in [4.78, 5) is 24.2. The van der Waals surface area contributed by atoms with Crippen molar-refractivity contribution in [3.63, 3.8) is 0 Å². The molecule has 0 spiro atoms. The number of aryl methyl sites for hydroxylation is 2. The van der Waals surface area contributed by atoms with Crippen molar-refractivity contribution in [3.8, 4) is 16.9 Å². The Kier molecular flexibility index (Phi) is 15.4. The smallest absolute Gasteiger partial charge is 0.330 e. The number of unbranched alkanes of at least 4 members (excludes halogenated alkanes) is 11. The van der Waals surface area contributed by atoms with Crippen molar-refractivity contribution < 1.29 is 14.3 Å². The SMILES string of the molecule is C=CC(=O)OCCCCCCCCCCCCOc1ccc2cc(-c3ccc(CCCCC)cc3CC)c(=O)sc2c1. The maximum absolute atomic E-state index is 13.2. The highest BCUT2D eigenvalue weighted by Gasteiger charge is 2.12. The molecule has 3 aromatic rings. The third kappa shape index (κ3) is 11.4. The van der Waals surface area contributed by atoms with Crippen molar-refractivity contribution in [1.29, 1.82) is 0 Å². The van der Waals surface area contributed by atoms with E-state index in [1.54, 1.807) is 0 Å². The molecule has 0 radical (unpaired) electrons. The van der Waals surface area contributed by atoms with E-state index in [0.29, 0.717) is 13.2 Å². The van der Waals surface area contributed by atoms with Crippen molar-refractivity contribution >= 4 is 27.4 Å². The monoisotopic (exact) mass is 590 g/mol. The van der Waals surface area contributed by atoms with E-state index in [-0.39, 0.29) is 10.7 Å². The molecule has 3 rings (SSSR count). The fraction of sp³-hybridized carbons (Fsp3) is 0.514. The minimum Gasteiger partial charge on any atom is -0.494 e. The Bertz CT molecular complexity index is 1310. The zero-order valence-corrected chi connectivity index (χ0v) is 26.7. The quantitative estimate of drug-likeness (QED) is 0.0703. The van der Waals surface area contributed by atoms with Gasteiger partial charge in [-0.05, 0) is 78.4 Å². The lowest BCUT2D eigenvalue weighted by atomic mass is 9.95. The van der Waals surface area contributed by atoms with Crippen LogP contribution in [0, 0.1) is 0 Å². The number of carbonyl (C=O) groups excluding carboxylic acids is 1. The second kappa shape index (κ2) is 19.3. The zero-order valence-electron chi connectivity index (χ0n) is 25.9. The molecule has 228 valence electrons. The van der Waals surface area contributed by atoms with Crippen LogP contribution in [0.1, 0.15) is 108 Å². The summed E-state index contributed by atoms with van der Waals surface area (Å²) >= 11 is 1.32. The minimum absolute atomic E-state index is 0.113. The first kappa shape index (κ1) is 33.6. The van der Waals surface area contributed by atoms with Gasteiger partial charge in [-0.15, -0.1) is 0 Å². The van der Waals surface area contributed by atoms with Gasteiger partial charge in [0.15, 0.2) is 0 Å². The predicted octanol–water partition coefficient (Wildman–Crippen LogP) is 10.2. The molecule has 5 heteroatoms. The van der Waals surface area contributed by atoms with Crippen LogP contribution >= 0.6 is 11.3 Å². The molecule has 0 N–H and O–H groups in total. The summed E-state index contributed by atoms with van der Waals surface area (Å²) in [6.45, 7) is 9.02. The maximum Gasteiger partial charge on any atom is 0.330 e. The van der Waals surface area contributed by atoms with Crippen molar-refractivity contribution in [1.82, 2.24) is 0 Å². The second-order valence-corrected chi connectivity index (χ2v) is 12.2. The number of ether oxygens (including phenoxy) is 2. The summed E-state index contributed by atoms with van der Waals surface area (Å²) in [6, 6.07) is 14.9. The van der Waals surface area contributed by atoms with Crippen molar-refractivity contribution in [2.24, 2.45) is 0 Å². The molecule has 0 amide bonds. The van der Waals surface area contributed by atoms with Gasteiger partial charge in [0.2, 0.25) is 4.74 Å². The van der Waals surface area contributed by atoms with Gasteiger partial charge in [0, 0.05) is 16.3 Å². The number of benzene rings is 2. The average Bonchev–Trinajstić information content (AvgIpc) is 3.00. The Morgan fingerprint density at radius 1 is 0.786 bits per heavy atom. The van der Waals surface area contributed by atoms with Crippen LogP contribution in [-0.2, 0) is 22.4 Å². The molecule has 1 aromatic heterocycles. The zero-order chi connectivity index (χ0) is 30.0. The van der Waals surface area contributed by atoms with Gasteiger partial charge < -0.3 is 9.47 Å². The molecule has 0 atom stereocenters. The molecule has 0 aliphatic carbocycles. The Morgan fingerprint density at radius 3 is 2.14 bits per heavy atom. The number of esters is 1. The molecule has 42 heavy (non-hydrogen) atoms. The topological polar surface area (TPSA) is 52.6 Å². The van der Waals surface area contributed by atoms with E-state index in [2.05, 4.69) is 50.8 Å². The van der Waals surface area contributed by atoms with Crippen LogP contribution in [0.5, 0.6) is 5.75 Å². The summed E-state index contributed by atoms with van der Waals surface area (Å²) in [5.74, 6) is 0.515. The molecule has 0 aliphatic rings. The standard InChI is InChI=1S/C37H50O4S/c1-4-7-16-19-29-20-23-33(30(5-2)26-29)34-27-31-21-22-32(28-35(31)42-37(34)39)40-24-17-14-12-10-8-9-11-13-15-18-25-41-36(38)6-3/h6,20-23,26-28H,3-5,7-19,24-25H2,1-2H3. The van der Waals surface area contributed by atoms with Gasteiger partial charge in [-0.25, -0.2) is 4.79 Å². The minimum atomic E-state index is -0.329. The third-order valence-electron chi connectivity index (χ3n) is 7.84. The first-order chi connectivity index (χ1) is 20.5. The third-order valence-corrected chi connectivity index (χ3v) is 8.81. The van der Waals surface area contributed by atoms with Gasteiger partial charge in [0.05, 0.1) is 13.2 Å². The van der Waals surface area contributed by atoms with Crippen LogP contribution in [0.15, 0.2) is 59.9 Å². The number of carbonyl (C=O) groups is 1. The van der Waals surface area contributed by atoms with E-state index in [4.69, 9.17) is 9.47 Å². The summed E-state index contributed by atoms with van der Waals surface area (Å²) < 4.78 is 12.1. The van der Waals surface area contributed by atoms with Crippen LogP contribution in [0.3, 0.4) is 0 Å². The van der Waals surface area contributed by atoms with E-state index in [1.807, 2.05) is 12.1 Å². The highest BCUT2D eigenvalue weighted by molar-refractivity contribution is 7.16.